The van der Waals surface area contributed by atoms with Crippen molar-refractivity contribution < 1.29 is 9.53 Å². The van der Waals surface area contributed by atoms with Crippen molar-refractivity contribution in [2.24, 2.45) is 0 Å². The number of carbonyl (C=O) groups is 1. The molecule has 1 atom stereocenters. The first-order valence-electron chi connectivity index (χ1n) is 5.48. The van der Waals surface area contributed by atoms with Gasteiger partial charge in [0, 0.05) is 13.0 Å². The Balaban J connectivity index is 2.26. The van der Waals surface area contributed by atoms with Gasteiger partial charge in [-0.25, -0.2) is 0 Å². The summed E-state index contributed by atoms with van der Waals surface area (Å²) >= 11 is 23.8. The molecule has 1 heterocycles. The Morgan fingerprint density at radius 2 is 1.94 bits per heavy atom. The van der Waals surface area contributed by atoms with E-state index in [1.165, 1.54) is 6.07 Å². The molecule has 1 aliphatic heterocycles. The topological polar surface area (TPSA) is 26.3 Å². The van der Waals surface area contributed by atoms with Crippen LogP contribution in [0.1, 0.15) is 29.6 Å². The number of hydrogen-bond donors (Lipinski definition) is 0. The molecule has 0 bridgehead atoms. The number of carbonyl (C=O) groups excluding carboxylic acids is 1. The first kappa shape index (κ1) is 14.4. The van der Waals surface area contributed by atoms with Crippen molar-refractivity contribution in [2.45, 2.75) is 25.4 Å². The third kappa shape index (κ3) is 2.94. The SMILES string of the molecule is O=C(CC1CCCO1)c1c(Cl)cc(Cl)c(Cl)c1Cl. The number of halogens is 4. The summed E-state index contributed by atoms with van der Waals surface area (Å²) in [5, 5.41) is 0.716. The molecule has 0 spiro atoms. The number of hydrogen-bond acceptors (Lipinski definition) is 2. The van der Waals surface area contributed by atoms with Crippen molar-refractivity contribution in [3.05, 3.63) is 31.7 Å². The largest absolute Gasteiger partial charge is 0.378 e. The fourth-order valence-electron chi connectivity index (χ4n) is 1.94. The van der Waals surface area contributed by atoms with Gasteiger partial charge in [-0.1, -0.05) is 46.4 Å². The molecule has 0 radical (unpaired) electrons. The highest BCUT2D eigenvalue weighted by molar-refractivity contribution is 6.51. The summed E-state index contributed by atoms with van der Waals surface area (Å²) in [4.78, 5) is 12.2. The molecule has 0 aromatic heterocycles. The fraction of sp³-hybridized carbons (Fsp3) is 0.417. The molecule has 1 saturated heterocycles. The molecule has 98 valence electrons. The Kier molecular flexibility index (Phi) is 4.79. The second-order valence-corrected chi connectivity index (χ2v) is 5.68. The van der Waals surface area contributed by atoms with E-state index < -0.39 is 0 Å². The molecule has 6 heteroatoms. The van der Waals surface area contributed by atoms with E-state index in [1.54, 1.807) is 0 Å². The Hall–Kier alpha value is 0.01000. The van der Waals surface area contributed by atoms with Gasteiger partial charge in [0.05, 0.1) is 31.8 Å². The molecule has 0 amide bonds. The van der Waals surface area contributed by atoms with Crippen molar-refractivity contribution in [2.75, 3.05) is 6.61 Å². The maximum atomic E-state index is 12.2. The summed E-state index contributed by atoms with van der Waals surface area (Å²) in [6, 6.07) is 1.43. The highest BCUT2D eigenvalue weighted by Crippen LogP contribution is 2.38. The van der Waals surface area contributed by atoms with Gasteiger partial charge in [0.25, 0.3) is 0 Å². The molecule has 1 fully saturated rings. The lowest BCUT2D eigenvalue weighted by Gasteiger charge is -2.12. The van der Waals surface area contributed by atoms with E-state index in [0.29, 0.717) is 6.61 Å². The molecule has 2 rings (SSSR count). The highest BCUT2D eigenvalue weighted by Gasteiger charge is 2.24. The maximum Gasteiger partial charge on any atom is 0.168 e. The van der Waals surface area contributed by atoms with Crippen LogP contribution in [0.25, 0.3) is 0 Å². The third-order valence-corrected chi connectivity index (χ3v) is 4.39. The van der Waals surface area contributed by atoms with Crippen molar-refractivity contribution in [1.82, 2.24) is 0 Å². The van der Waals surface area contributed by atoms with Gasteiger partial charge < -0.3 is 4.74 Å². The van der Waals surface area contributed by atoms with Crippen LogP contribution in [-0.2, 0) is 4.74 Å². The van der Waals surface area contributed by atoms with Crippen LogP contribution in [0, 0.1) is 0 Å². The predicted octanol–water partition coefficient (Wildman–Crippen LogP) is 5.05. The average Bonchev–Trinajstić information content (AvgIpc) is 2.78. The van der Waals surface area contributed by atoms with E-state index in [9.17, 15) is 4.79 Å². The zero-order valence-corrected chi connectivity index (χ0v) is 12.3. The van der Waals surface area contributed by atoms with Gasteiger partial charge in [-0.3, -0.25) is 4.79 Å². The van der Waals surface area contributed by atoms with Gasteiger partial charge in [-0.2, -0.15) is 0 Å². The van der Waals surface area contributed by atoms with Gasteiger partial charge in [0.15, 0.2) is 5.78 Å². The molecule has 18 heavy (non-hydrogen) atoms. The van der Waals surface area contributed by atoms with Crippen LogP contribution in [-0.4, -0.2) is 18.5 Å². The summed E-state index contributed by atoms with van der Waals surface area (Å²) in [7, 11) is 0. The average molecular weight is 328 g/mol. The molecular weight excluding hydrogens is 318 g/mol. The van der Waals surface area contributed by atoms with Crippen molar-refractivity contribution in [3.8, 4) is 0 Å². The van der Waals surface area contributed by atoms with Crippen LogP contribution in [0.4, 0.5) is 0 Å². The maximum absolute atomic E-state index is 12.2. The Morgan fingerprint density at radius 1 is 1.22 bits per heavy atom. The van der Waals surface area contributed by atoms with E-state index in [-0.39, 0.29) is 44.0 Å². The molecule has 0 saturated carbocycles. The second kappa shape index (κ2) is 5.98. The van der Waals surface area contributed by atoms with Gasteiger partial charge in [-0.15, -0.1) is 0 Å². The monoisotopic (exact) mass is 326 g/mol. The molecule has 1 aliphatic rings. The molecule has 0 aliphatic carbocycles. The molecular formula is C12H10Cl4O2. The predicted molar refractivity (Wildman–Crippen MR) is 74.4 cm³/mol. The van der Waals surface area contributed by atoms with Gasteiger partial charge >= 0.3 is 0 Å². The smallest absolute Gasteiger partial charge is 0.168 e. The Morgan fingerprint density at radius 3 is 2.56 bits per heavy atom. The minimum Gasteiger partial charge on any atom is -0.378 e. The number of Topliss-reactive ketones (excluding diaryl/α,β-unsaturated/α-hetero) is 1. The van der Waals surface area contributed by atoms with Crippen LogP contribution in [0.5, 0.6) is 0 Å². The standard InChI is InChI=1S/C12H10Cl4O2/c13-7-5-8(14)11(15)12(16)10(7)9(17)4-6-2-1-3-18-6/h5-6H,1-4H2. The van der Waals surface area contributed by atoms with Crippen molar-refractivity contribution in [1.29, 1.82) is 0 Å². The van der Waals surface area contributed by atoms with Crippen LogP contribution >= 0.6 is 46.4 Å². The van der Waals surface area contributed by atoms with Crippen LogP contribution < -0.4 is 0 Å². The Labute approximate surface area is 125 Å². The lowest BCUT2D eigenvalue weighted by atomic mass is 10.0. The molecule has 0 N–H and O–H groups in total. The summed E-state index contributed by atoms with van der Waals surface area (Å²) in [5.41, 5.74) is 0.225. The van der Waals surface area contributed by atoms with E-state index >= 15 is 0 Å². The highest BCUT2D eigenvalue weighted by atomic mass is 35.5. The molecule has 1 unspecified atom stereocenters. The molecule has 1 aromatic carbocycles. The summed E-state index contributed by atoms with van der Waals surface area (Å²) in [6.07, 6.45) is 2.06. The van der Waals surface area contributed by atoms with Crippen LogP contribution in [0.3, 0.4) is 0 Å². The summed E-state index contributed by atoms with van der Waals surface area (Å²) in [6.45, 7) is 0.695. The minimum absolute atomic E-state index is 0.0564. The van der Waals surface area contributed by atoms with Gasteiger partial charge in [0.2, 0.25) is 0 Å². The first-order valence-corrected chi connectivity index (χ1v) is 6.99. The van der Waals surface area contributed by atoms with Crippen molar-refractivity contribution >= 4 is 52.2 Å². The number of ether oxygens (including phenoxy) is 1. The second-order valence-electron chi connectivity index (χ2n) is 4.11. The van der Waals surface area contributed by atoms with Crippen molar-refractivity contribution in [3.63, 3.8) is 0 Å². The third-order valence-electron chi connectivity index (χ3n) is 2.83. The van der Waals surface area contributed by atoms with Gasteiger partial charge in [0.1, 0.15) is 0 Å². The van der Waals surface area contributed by atoms with E-state index in [2.05, 4.69) is 0 Å². The Bertz CT molecular complexity index is 481. The van der Waals surface area contributed by atoms with Gasteiger partial charge in [-0.05, 0) is 18.9 Å². The van der Waals surface area contributed by atoms with Crippen LogP contribution in [0.15, 0.2) is 6.07 Å². The minimum atomic E-state index is -0.171. The summed E-state index contributed by atoms with van der Waals surface area (Å²) < 4.78 is 5.41. The number of ketones is 1. The molecule has 2 nitrogen and oxygen atoms in total. The first-order chi connectivity index (χ1) is 8.50. The van der Waals surface area contributed by atoms with E-state index in [4.69, 9.17) is 51.1 Å². The zero-order chi connectivity index (χ0) is 13.3. The zero-order valence-electron chi connectivity index (χ0n) is 9.31. The lowest BCUT2D eigenvalue weighted by Crippen LogP contribution is -2.13. The van der Waals surface area contributed by atoms with Crippen LogP contribution in [0.2, 0.25) is 20.1 Å². The number of benzene rings is 1. The normalized spacial score (nSPS) is 19.2. The number of rotatable bonds is 3. The lowest BCUT2D eigenvalue weighted by molar-refractivity contribution is 0.0776. The quantitative estimate of drug-likeness (QED) is 0.441. The van der Waals surface area contributed by atoms with E-state index in [1.807, 2.05) is 0 Å². The van der Waals surface area contributed by atoms with E-state index in [0.717, 1.165) is 12.8 Å². The fourth-order valence-corrected chi connectivity index (χ4v) is 3.06. The molecule has 1 aromatic rings. The summed E-state index contributed by atoms with van der Waals surface area (Å²) in [5.74, 6) is -0.171.